The molecule has 7 heteroatoms. The Kier molecular flexibility index (Phi) is 4.87. The smallest absolute Gasteiger partial charge is 0.239 e. The Labute approximate surface area is 93.4 Å². The monoisotopic (exact) mass is 229 g/mol. The molecule has 6 nitrogen and oxygen atoms in total. The molecule has 1 atom stereocenters. The summed E-state index contributed by atoms with van der Waals surface area (Å²) in [5, 5.41) is 2.87. The second-order valence-electron chi connectivity index (χ2n) is 3.24. The lowest BCUT2D eigenvalue weighted by Gasteiger charge is -2.14. The Morgan fingerprint density at radius 3 is 3.00 bits per heavy atom. The molecule has 0 amide bonds. The van der Waals surface area contributed by atoms with Crippen molar-refractivity contribution in [1.29, 1.82) is 0 Å². The third kappa shape index (κ3) is 3.59. The van der Waals surface area contributed by atoms with Crippen LogP contribution in [0.5, 0.6) is 0 Å². The maximum absolute atomic E-state index is 13.3. The Bertz CT molecular complexity index is 336. The molecule has 1 heterocycles. The molecule has 0 saturated carbocycles. The zero-order valence-electron chi connectivity index (χ0n) is 9.33. The maximum atomic E-state index is 13.3. The van der Waals surface area contributed by atoms with Gasteiger partial charge in [0, 0.05) is 12.6 Å². The van der Waals surface area contributed by atoms with Gasteiger partial charge in [0.1, 0.15) is 0 Å². The first-order chi connectivity index (χ1) is 7.67. The van der Waals surface area contributed by atoms with Gasteiger partial charge in [-0.2, -0.15) is 4.98 Å². The highest BCUT2D eigenvalue weighted by Gasteiger charge is 2.09. The van der Waals surface area contributed by atoms with Crippen molar-refractivity contribution in [3.8, 4) is 0 Å². The number of rotatable bonds is 6. The Hall–Kier alpha value is -1.47. The average molecular weight is 229 g/mol. The highest BCUT2D eigenvalue weighted by Crippen LogP contribution is 2.12. The molecule has 0 aliphatic rings. The Balaban J connectivity index is 2.64. The van der Waals surface area contributed by atoms with E-state index in [9.17, 15) is 4.39 Å². The van der Waals surface area contributed by atoms with Crippen LogP contribution in [0.15, 0.2) is 6.20 Å². The van der Waals surface area contributed by atoms with E-state index in [4.69, 9.17) is 10.6 Å². The second-order valence-corrected chi connectivity index (χ2v) is 3.24. The number of hydrogen-bond acceptors (Lipinski definition) is 6. The molecule has 1 aromatic rings. The lowest BCUT2D eigenvalue weighted by Crippen LogP contribution is -2.23. The summed E-state index contributed by atoms with van der Waals surface area (Å²) in [7, 11) is 0. The summed E-state index contributed by atoms with van der Waals surface area (Å²) in [6, 6.07) is -0.0463. The molecule has 0 aliphatic heterocycles. The molecule has 0 aromatic carbocycles. The highest BCUT2D eigenvalue weighted by atomic mass is 19.1. The highest BCUT2D eigenvalue weighted by molar-refractivity contribution is 5.41. The summed E-state index contributed by atoms with van der Waals surface area (Å²) in [6.45, 7) is 4.86. The largest absolute Gasteiger partial charge is 0.380 e. The fourth-order valence-corrected chi connectivity index (χ4v) is 1.11. The molecule has 0 radical (unpaired) electrons. The van der Waals surface area contributed by atoms with Crippen molar-refractivity contribution in [3.05, 3.63) is 12.0 Å². The first-order valence-corrected chi connectivity index (χ1v) is 5.00. The van der Waals surface area contributed by atoms with E-state index < -0.39 is 5.82 Å². The number of nitrogens with two attached hydrogens (primary N) is 1. The van der Waals surface area contributed by atoms with Crippen LogP contribution >= 0.6 is 0 Å². The maximum Gasteiger partial charge on any atom is 0.239 e. The van der Waals surface area contributed by atoms with Crippen LogP contribution in [0.2, 0.25) is 0 Å². The number of hydrazine groups is 1. The summed E-state index contributed by atoms with van der Waals surface area (Å²) in [4.78, 5) is 7.48. The van der Waals surface area contributed by atoms with Crippen LogP contribution < -0.4 is 16.6 Å². The van der Waals surface area contributed by atoms with Crippen LogP contribution in [-0.4, -0.2) is 29.2 Å². The number of nitrogens with zero attached hydrogens (tertiary/aromatic N) is 2. The fourth-order valence-electron chi connectivity index (χ4n) is 1.11. The molecule has 0 spiro atoms. The molecule has 0 bridgehead atoms. The van der Waals surface area contributed by atoms with Crippen LogP contribution in [0.25, 0.3) is 0 Å². The molecular formula is C9H16FN5O. The zero-order chi connectivity index (χ0) is 12.0. The number of aromatic nitrogens is 2. The first-order valence-electron chi connectivity index (χ1n) is 5.00. The van der Waals surface area contributed by atoms with E-state index in [1.165, 1.54) is 0 Å². The Morgan fingerprint density at radius 2 is 2.38 bits per heavy atom. The van der Waals surface area contributed by atoms with E-state index in [1.54, 1.807) is 0 Å². The summed E-state index contributed by atoms with van der Waals surface area (Å²) >= 11 is 0. The second kappa shape index (κ2) is 6.19. The van der Waals surface area contributed by atoms with Crippen LogP contribution in [-0.2, 0) is 4.74 Å². The normalized spacial score (nSPS) is 12.2. The van der Waals surface area contributed by atoms with Crippen LogP contribution in [0.3, 0.4) is 0 Å². The van der Waals surface area contributed by atoms with Gasteiger partial charge in [0.05, 0.1) is 12.8 Å². The van der Waals surface area contributed by atoms with Gasteiger partial charge in [-0.3, -0.25) is 5.43 Å². The number of ether oxygens (including phenoxy) is 1. The van der Waals surface area contributed by atoms with Gasteiger partial charge in [0.15, 0.2) is 11.6 Å². The Morgan fingerprint density at radius 1 is 1.62 bits per heavy atom. The average Bonchev–Trinajstić information content (AvgIpc) is 2.29. The minimum atomic E-state index is -0.526. The molecule has 4 N–H and O–H groups in total. The minimum Gasteiger partial charge on any atom is -0.380 e. The summed E-state index contributed by atoms with van der Waals surface area (Å²) in [5.41, 5.74) is 2.25. The summed E-state index contributed by atoms with van der Waals surface area (Å²) in [5.74, 6) is 4.87. The molecule has 1 rings (SSSR count). The molecule has 0 saturated heterocycles. The van der Waals surface area contributed by atoms with Gasteiger partial charge in [-0.1, -0.05) is 0 Å². The molecule has 90 valence electrons. The van der Waals surface area contributed by atoms with Crippen LogP contribution in [0.4, 0.5) is 16.2 Å². The van der Waals surface area contributed by atoms with Crippen molar-refractivity contribution in [3.63, 3.8) is 0 Å². The predicted molar refractivity (Wildman–Crippen MR) is 59.4 cm³/mol. The zero-order valence-corrected chi connectivity index (χ0v) is 9.33. The van der Waals surface area contributed by atoms with Crippen molar-refractivity contribution in [2.24, 2.45) is 5.84 Å². The van der Waals surface area contributed by atoms with E-state index in [-0.39, 0.29) is 17.8 Å². The number of anilines is 2. The number of nitrogen functional groups attached to an aromatic ring is 1. The standard InChI is InChI=1S/C9H16FN5O/c1-3-16-5-6(2)13-8-7(10)4-12-9(14-8)15-11/h4,6H,3,5,11H2,1-2H3,(H2,12,13,14,15). The lowest BCUT2D eigenvalue weighted by molar-refractivity contribution is 0.141. The van der Waals surface area contributed by atoms with Gasteiger partial charge in [0.25, 0.3) is 0 Å². The minimum absolute atomic E-state index is 0.0463. The van der Waals surface area contributed by atoms with Gasteiger partial charge in [-0.25, -0.2) is 15.2 Å². The first kappa shape index (κ1) is 12.6. The molecular weight excluding hydrogens is 213 g/mol. The fraction of sp³-hybridized carbons (Fsp3) is 0.556. The van der Waals surface area contributed by atoms with Crippen molar-refractivity contribution in [1.82, 2.24) is 9.97 Å². The predicted octanol–water partition coefficient (Wildman–Crippen LogP) is 0.738. The molecule has 1 unspecified atom stereocenters. The summed E-state index contributed by atoms with van der Waals surface area (Å²) < 4.78 is 18.5. The van der Waals surface area contributed by atoms with Crippen molar-refractivity contribution in [2.75, 3.05) is 24.0 Å². The lowest BCUT2D eigenvalue weighted by atomic mass is 10.3. The summed E-state index contributed by atoms with van der Waals surface area (Å²) in [6.07, 6.45) is 1.05. The molecule has 0 aliphatic carbocycles. The third-order valence-corrected chi connectivity index (χ3v) is 1.83. The topological polar surface area (TPSA) is 85.1 Å². The van der Waals surface area contributed by atoms with Gasteiger partial charge >= 0.3 is 0 Å². The van der Waals surface area contributed by atoms with Gasteiger partial charge < -0.3 is 10.1 Å². The van der Waals surface area contributed by atoms with Gasteiger partial charge in [0.2, 0.25) is 5.95 Å². The van der Waals surface area contributed by atoms with E-state index in [0.29, 0.717) is 13.2 Å². The van der Waals surface area contributed by atoms with E-state index >= 15 is 0 Å². The molecule has 0 fully saturated rings. The van der Waals surface area contributed by atoms with E-state index in [2.05, 4.69) is 20.7 Å². The number of nitrogens with one attached hydrogen (secondary N) is 2. The van der Waals surface area contributed by atoms with Gasteiger partial charge in [-0.05, 0) is 13.8 Å². The van der Waals surface area contributed by atoms with E-state index in [1.807, 2.05) is 13.8 Å². The quantitative estimate of drug-likeness (QED) is 0.493. The number of hydrogen-bond donors (Lipinski definition) is 3. The van der Waals surface area contributed by atoms with Crippen LogP contribution in [0.1, 0.15) is 13.8 Å². The molecule has 1 aromatic heterocycles. The SMILES string of the molecule is CCOCC(C)Nc1nc(NN)ncc1F. The van der Waals surface area contributed by atoms with Gasteiger partial charge in [-0.15, -0.1) is 0 Å². The van der Waals surface area contributed by atoms with Crippen molar-refractivity contribution < 1.29 is 9.13 Å². The third-order valence-electron chi connectivity index (χ3n) is 1.83. The van der Waals surface area contributed by atoms with Crippen molar-refractivity contribution >= 4 is 11.8 Å². The van der Waals surface area contributed by atoms with Crippen LogP contribution in [0, 0.1) is 5.82 Å². The van der Waals surface area contributed by atoms with E-state index in [0.717, 1.165) is 6.20 Å². The number of halogens is 1. The van der Waals surface area contributed by atoms with Crippen molar-refractivity contribution in [2.45, 2.75) is 19.9 Å². The molecule has 16 heavy (non-hydrogen) atoms.